The highest BCUT2D eigenvalue weighted by molar-refractivity contribution is 6.31. The van der Waals surface area contributed by atoms with Crippen molar-refractivity contribution in [2.75, 3.05) is 6.54 Å². The zero-order valence-corrected chi connectivity index (χ0v) is 12.9. The Morgan fingerprint density at radius 3 is 2.86 bits per heavy atom. The van der Waals surface area contributed by atoms with Gasteiger partial charge in [0.15, 0.2) is 0 Å². The third kappa shape index (κ3) is 2.43. The molecular formula is C15H18ClN5. The average molecular weight is 304 g/mol. The van der Waals surface area contributed by atoms with E-state index in [4.69, 9.17) is 17.3 Å². The molecule has 0 saturated heterocycles. The molecule has 3 aromatic heterocycles. The summed E-state index contributed by atoms with van der Waals surface area (Å²) in [5.74, 6) is 0. The molecule has 3 heterocycles. The van der Waals surface area contributed by atoms with E-state index in [2.05, 4.69) is 26.9 Å². The smallest absolute Gasteiger partial charge is 0.140 e. The number of hydrogen-bond acceptors (Lipinski definition) is 3. The van der Waals surface area contributed by atoms with E-state index >= 15 is 0 Å². The zero-order chi connectivity index (χ0) is 15.0. The fourth-order valence-electron chi connectivity index (χ4n) is 2.68. The zero-order valence-electron chi connectivity index (χ0n) is 12.2. The van der Waals surface area contributed by atoms with Crippen LogP contribution in [0.4, 0.5) is 0 Å². The monoisotopic (exact) mass is 303 g/mol. The number of rotatable bonds is 4. The maximum Gasteiger partial charge on any atom is 0.140 e. The van der Waals surface area contributed by atoms with Gasteiger partial charge in [0.2, 0.25) is 0 Å². The molecule has 0 atom stereocenters. The van der Waals surface area contributed by atoms with Gasteiger partial charge in [0.1, 0.15) is 5.65 Å². The highest BCUT2D eigenvalue weighted by Gasteiger charge is 2.14. The molecule has 0 spiro atoms. The minimum Gasteiger partial charge on any atom is -0.330 e. The first kappa shape index (κ1) is 14.1. The van der Waals surface area contributed by atoms with Crippen LogP contribution >= 0.6 is 11.6 Å². The highest BCUT2D eigenvalue weighted by atomic mass is 35.5. The van der Waals surface area contributed by atoms with Crippen molar-refractivity contribution in [2.24, 2.45) is 12.8 Å². The lowest BCUT2D eigenvalue weighted by atomic mass is 10.2. The van der Waals surface area contributed by atoms with Gasteiger partial charge in [-0.05, 0) is 37.6 Å². The highest BCUT2D eigenvalue weighted by Crippen LogP contribution is 2.24. The number of fused-ring (bicyclic) bond motifs is 1. The van der Waals surface area contributed by atoms with Crippen LogP contribution < -0.4 is 5.73 Å². The van der Waals surface area contributed by atoms with Crippen LogP contribution in [0.3, 0.4) is 0 Å². The van der Waals surface area contributed by atoms with Gasteiger partial charge >= 0.3 is 0 Å². The summed E-state index contributed by atoms with van der Waals surface area (Å²) in [6.07, 6.45) is 4.76. The van der Waals surface area contributed by atoms with Crippen molar-refractivity contribution in [3.63, 3.8) is 0 Å². The fraction of sp³-hybridized carbons (Fsp3) is 0.333. The molecule has 0 unspecified atom stereocenters. The van der Waals surface area contributed by atoms with Crippen LogP contribution in [0.2, 0.25) is 5.02 Å². The van der Waals surface area contributed by atoms with E-state index in [9.17, 15) is 0 Å². The van der Waals surface area contributed by atoms with Crippen LogP contribution in [0.25, 0.3) is 11.0 Å². The first-order chi connectivity index (χ1) is 10.1. The molecule has 0 radical (unpaired) electrons. The lowest BCUT2D eigenvalue weighted by molar-refractivity contribution is 0.670. The molecule has 0 saturated carbocycles. The largest absolute Gasteiger partial charge is 0.330 e. The summed E-state index contributed by atoms with van der Waals surface area (Å²) in [4.78, 5) is 4.50. The van der Waals surface area contributed by atoms with Crippen molar-refractivity contribution >= 4 is 22.6 Å². The summed E-state index contributed by atoms with van der Waals surface area (Å²) >= 11 is 6.35. The minimum absolute atomic E-state index is 0.625. The second-order valence-electron chi connectivity index (χ2n) is 5.17. The van der Waals surface area contributed by atoms with Crippen LogP contribution in [0.15, 0.2) is 24.5 Å². The molecule has 0 amide bonds. The second-order valence-corrected chi connectivity index (χ2v) is 5.54. The molecule has 0 aliphatic heterocycles. The molecular weight excluding hydrogens is 286 g/mol. The Balaban J connectivity index is 2.08. The molecule has 0 aromatic carbocycles. The summed E-state index contributed by atoms with van der Waals surface area (Å²) in [7, 11) is 1.91. The number of halogens is 1. The first-order valence-corrected chi connectivity index (χ1v) is 7.30. The topological polar surface area (TPSA) is 61.7 Å². The van der Waals surface area contributed by atoms with Gasteiger partial charge in [-0.15, -0.1) is 0 Å². The lowest BCUT2D eigenvalue weighted by Crippen LogP contribution is -2.06. The van der Waals surface area contributed by atoms with Gasteiger partial charge in [0.05, 0.1) is 23.0 Å². The van der Waals surface area contributed by atoms with Crippen LogP contribution in [0.5, 0.6) is 0 Å². The Hall–Kier alpha value is -1.85. The summed E-state index contributed by atoms with van der Waals surface area (Å²) in [5, 5.41) is 6.23. The molecule has 2 N–H and O–H groups in total. The van der Waals surface area contributed by atoms with Gasteiger partial charge in [0, 0.05) is 24.8 Å². The van der Waals surface area contributed by atoms with E-state index in [1.165, 1.54) is 5.56 Å². The summed E-state index contributed by atoms with van der Waals surface area (Å²) in [6.45, 7) is 3.19. The van der Waals surface area contributed by atoms with Crippen molar-refractivity contribution in [2.45, 2.75) is 19.9 Å². The van der Waals surface area contributed by atoms with Gasteiger partial charge in [-0.2, -0.15) is 5.10 Å². The van der Waals surface area contributed by atoms with Gasteiger partial charge in [0.25, 0.3) is 0 Å². The second kappa shape index (κ2) is 5.50. The Kier molecular flexibility index (Phi) is 3.69. The van der Waals surface area contributed by atoms with Gasteiger partial charge in [-0.25, -0.2) is 4.98 Å². The molecule has 110 valence electrons. The number of pyridine rings is 1. The molecule has 0 bridgehead atoms. The molecule has 6 heteroatoms. The van der Waals surface area contributed by atoms with E-state index in [0.29, 0.717) is 13.1 Å². The molecule has 0 fully saturated rings. The van der Waals surface area contributed by atoms with E-state index in [0.717, 1.165) is 33.9 Å². The van der Waals surface area contributed by atoms with Crippen LogP contribution in [0.1, 0.15) is 17.0 Å². The Bertz CT molecular complexity index is 787. The van der Waals surface area contributed by atoms with Crippen molar-refractivity contribution < 1.29 is 0 Å². The van der Waals surface area contributed by atoms with Crippen molar-refractivity contribution in [3.8, 4) is 0 Å². The predicted molar refractivity (Wildman–Crippen MR) is 84.5 cm³/mol. The number of nitrogens with two attached hydrogens (primary N) is 1. The molecule has 0 aliphatic rings. The number of hydrogen-bond donors (Lipinski definition) is 1. The van der Waals surface area contributed by atoms with E-state index in [1.54, 1.807) is 6.20 Å². The lowest BCUT2D eigenvalue weighted by Gasteiger charge is -2.05. The van der Waals surface area contributed by atoms with E-state index < -0.39 is 0 Å². The maximum absolute atomic E-state index is 6.35. The van der Waals surface area contributed by atoms with Gasteiger partial charge < -0.3 is 10.3 Å². The summed E-state index contributed by atoms with van der Waals surface area (Å²) < 4.78 is 3.94. The quantitative estimate of drug-likeness (QED) is 0.804. The molecule has 3 aromatic rings. The molecule has 3 rings (SSSR count). The predicted octanol–water partition coefficient (Wildman–Crippen LogP) is 2.28. The Labute approximate surface area is 128 Å². The van der Waals surface area contributed by atoms with Crippen molar-refractivity contribution in [1.29, 1.82) is 0 Å². The number of nitrogens with zero attached hydrogens (tertiary/aromatic N) is 4. The first-order valence-electron chi connectivity index (χ1n) is 6.92. The van der Waals surface area contributed by atoms with E-state index in [1.807, 2.05) is 24.7 Å². The van der Waals surface area contributed by atoms with Crippen LogP contribution in [0, 0.1) is 6.92 Å². The van der Waals surface area contributed by atoms with Gasteiger partial charge in [-0.1, -0.05) is 11.6 Å². The summed E-state index contributed by atoms with van der Waals surface area (Å²) in [5.41, 5.74) is 9.70. The maximum atomic E-state index is 6.35. The minimum atomic E-state index is 0.625. The number of aromatic nitrogens is 4. The number of aryl methyl sites for hydroxylation is 2. The van der Waals surface area contributed by atoms with Crippen LogP contribution in [-0.2, 0) is 20.0 Å². The van der Waals surface area contributed by atoms with E-state index in [-0.39, 0.29) is 0 Å². The fourth-order valence-corrected chi connectivity index (χ4v) is 2.90. The molecule has 5 nitrogen and oxygen atoms in total. The van der Waals surface area contributed by atoms with Crippen LogP contribution in [-0.4, -0.2) is 25.9 Å². The molecule has 0 aliphatic carbocycles. The normalized spacial score (nSPS) is 11.4. The molecule has 21 heavy (non-hydrogen) atoms. The Morgan fingerprint density at radius 2 is 2.19 bits per heavy atom. The standard InChI is InChI=1S/C15H18ClN5/c1-10-14(16)13(20(2)19-10)9-21-8-11(5-6-17)12-4-3-7-18-15(12)21/h3-4,7-8H,5-6,9,17H2,1-2H3. The van der Waals surface area contributed by atoms with Crippen molar-refractivity contribution in [3.05, 3.63) is 46.5 Å². The Morgan fingerprint density at radius 1 is 1.38 bits per heavy atom. The SMILES string of the molecule is Cc1nn(C)c(Cn2cc(CCN)c3cccnc32)c1Cl. The summed E-state index contributed by atoms with van der Waals surface area (Å²) in [6, 6.07) is 4.04. The van der Waals surface area contributed by atoms with Gasteiger partial charge in [-0.3, -0.25) is 4.68 Å². The third-order valence-corrected chi connectivity index (χ3v) is 4.20. The van der Waals surface area contributed by atoms with Crippen molar-refractivity contribution in [1.82, 2.24) is 19.3 Å². The average Bonchev–Trinajstić information content (AvgIpc) is 2.93. The third-order valence-electron chi connectivity index (χ3n) is 3.71.